The number of aromatic nitrogens is 2. The van der Waals surface area contributed by atoms with Crippen LogP contribution in [0, 0.1) is 17.3 Å². The van der Waals surface area contributed by atoms with Crippen molar-refractivity contribution >= 4 is 66.7 Å². The second kappa shape index (κ2) is 11.0. The third kappa shape index (κ3) is 4.28. The van der Waals surface area contributed by atoms with Gasteiger partial charge in [0.1, 0.15) is 11.6 Å². The molecule has 0 spiro atoms. The molecule has 0 bridgehead atoms. The Hall–Kier alpha value is -6.58. The SMILES string of the molecule is CC1(C)c2ccccc2N(c2ccc3c4ccc(N5c6ccccc6C(C)(C)c6ccccc65)cc4c4nc(C#N)c(F)nc4c3c2)c2ccccc21. The van der Waals surface area contributed by atoms with Crippen molar-refractivity contribution in [1.82, 2.24) is 9.97 Å². The average molecular weight is 688 g/mol. The third-order valence-electron chi connectivity index (χ3n) is 11.6. The van der Waals surface area contributed by atoms with Crippen molar-refractivity contribution in [1.29, 1.82) is 5.26 Å². The summed E-state index contributed by atoms with van der Waals surface area (Å²) in [6, 6.07) is 48.8. The van der Waals surface area contributed by atoms with Gasteiger partial charge in [0.2, 0.25) is 5.95 Å². The summed E-state index contributed by atoms with van der Waals surface area (Å²) in [5.41, 5.74) is 11.4. The zero-order valence-corrected chi connectivity index (χ0v) is 29.8. The summed E-state index contributed by atoms with van der Waals surface area (Å²) in [5.74, 6) is -0.876. The van der Waals surface area contributed by atoms with E-state index in [-0.39, 0.29) is 16.5 Å². The summed E-state index contributed by atoms with van der Waals surface area (Å²) in [4.78, 5) is 13.7. The van der Waals surface area contributed by atoms with Gasteiger partial charge in [-0.2, -0.15) is 9.65 Å². The second-order valence-electron chi connectivity index (χ2n) is 15.1. The van der Waals surface area contributed by atoms with Gasteiger partial charge in [-0.3, -0.25) is 0 Å². The molecular formula is C47H34FN5. The van der Waals surface area contributed by atoms with Crippen molar-refractivity contribution < 1.29 is 4.39 Å². The normalized spacial score (nSPS) is 15.1. The first-order valence-electron chi connectivity index (χ1n) is 17.9. The summed E-state index contributed by atoms with van der Waals surface area (Å²) in [5, 5.41) is 13.4. The van der Waals surface area contributed by atoms with Crippen LogP contribution in [0.5, 0.6) is 0 Å². The first-order chi connectivity index (χ1) is 25.7. The number of hydrogen-bond acceptors (Lipinski definition) is 5. The Morgan fingerprint density at radius 2 is 0.849 bits per heavy atom. The van der Waals surface area contributed by atoms with Crippen LogP contribution < -0.4 is 9.80 Å². The van der Waals surface area contributed by atoms with Gasteiger partial charge < -0.3 is 9.80 Å². The number of nitriles is 1. The summed E-state index contributed by atoms with van der Waals surface area (Å²) in [6.45, 7) is 9.07. The van der Waals surface area contributed by atoms with Crippen LogP contribution in [0.3, 0.4) is 0 Å². The average Bonchev–Trinajstić information content (AvgIpc) is 3.18. The summed E-state index contributed by atoms with van der Waals surface area (Å²) < 4.78 is 15.5. The number of rotatable bonds is 2. The fourth-order valence-electron chi connectivity index (χ4n) is 8.96. The second-order valence-corrected chi connectivity index (χ2v) is 15.1. The van der Waals surface area contributed by atoms with Gasteiger partial charge in [-0.15, -0.1) is 0 Å². The summed E-state index contributed by atoms with van der Waals surface area (Å²) in [6.07, 6.45) is 0. The van der Waals surface area contributed by atoms with Gasteiger partial charge in [-0.25, -0.2) is 9.97 Å². The van der Waals surface area contributed by atoms with Crippen molar-refractivity contribution in [3.05, 3.63) is 167 Å². The van der Waals surface area contributed by atoms with Gasteiger partial charge in [0, 0.05) is 33.0 Å². The molecule has 10 rings (SSSR count). The van der Waals surface area contributed by atoms with E-state index >= 15 is 4.39 Å². The van der Waals surface area contributed by atoms with E-state index in [4.69, 9.17) is 0 Å². The highest BCUT2D eigenvalue weighted by Crippen LogP contribution is 2.54. The standard InChI is InChI=1S/C47H34FN5/c1-46(2)34-13-5-9-17-39(34)52(40-18-10-6-14-35(40)46)28-21-23-30-31-24-22-29(26-33(31)44-43(32(30)25-28)50-38(27-49)45(48)51-44)53-41-19-11-7-15-36(41)47(3,4)37-16-8-12-20-42(37)53/h5-26H,1-4H3. The molecular weight excluding hydrogens is 654 g/mol. The summed E-state index contributed by atoms with van der Waals surface area (Å²) in [7, 11) is 0. The molecule has 0 fully saturated rings. The van der Waals surface area contributed by atoms with Crippen LogP contribution in [0.15, 0.2) is 133 Å². The van der Waals surface area contributed by atoms with Crippen LogP contribution >= 0.6 is 0 Å². The van der Waals surface area contributed by atoms with E-state index in [9.17, 15) is 5.26 Å². The lowest BCUT2D eigenvalue weighted by atomic mass is 9.73. The highest BCUT2D eigenvalue weighted by Gasteiger charge is 2.38. The minimum atomic E-state index is -0.876. The Labute approximate surface area is 307 Å². The highest BCUT2D eigenvalue weighted by atomic mass is 19.1. The Bertz CT molecular complexity index is 2800. The van der Waals surface area contributed by atoms with E-state index in [2.05, 4.69) is 181 Å². The number of fused-ring (bicyclic) bond motifs is 10. The number of benzene rings is 7. The Morgan fingerprint density at radius 3 is 1.23 bits per heavy atom. The number of hydrogen-bond donors (Lipinski definition) is 0. The predicted octanol–water partition coefficient (Wildman–Crippen LogP) is 12.2. The monoisotopic (exact) mass is 687 g/mol. The smallest absolute Gasteiger partial charge is 0.250 e. The molecule has 53 heavy (non-hydrogen) atoms. The van der Waals surface area contributed by atoms with Crippen molar-refractivity contribution in [2.75, 3.05) is 9.80 Å². The van der Waals surface area contributed by atoms with E-state index in [1.165, 1.54) is 22.3 Å². The lowest BCUT2D eigenvalue weighted by Gasteiger charge is -2.42. The molecule has 0 amide bonds. The molecule has 5 nitrogen and oxygen atoms in total. The molecule has 0 N–H and O–H groups in total. The molecule has 0 aliphatic carbocycles. The number of anilines is 6. The van der Waals surface area contributed by atoms with Crippen molar-refractivity contribution in [2.45, 2.75) is 38.5 Å². The Balaban J connectivity index is 1.24. The lowest BCUT2D eigenvalue weighted by Crippen LogP contribution is -2.30. The van der Waals surface area contributed by atoms with Crippen LogP contribution in [0.25, 0.3) is 32.6 Å². The maximum atomic E-state index is 15.5. The van der Waals surface area contributed by atoms with E-state index < -0.39 is 5.95 Å². The first-order valence-corrected chi connectivity index (χ1v) is 17.9. The molecule has 0 saturated heterocycles. The van der Waals surface area contributed by atoms with Crippen molar-refractivity contribution in [3.63, 3.8) is 0 Å². The van der Waals surface area contributed by atoms with Crippen LogP contribution in [-0.4, -0.2) is 9.97 Å². The molecule has 6 heteroatoms. The molecule has 0 saturated carbocycles. The van der Waals surface area contributed by atoms with Gasteiger partial charge in [0.25, 0.3) is 0 Å². The van der Waals surface area contributed by atoms with Crippen molar-refractivity contribution in [3.8, 4) is 6.07 Å². The van der Waals surface area contributed by atoms with E-state index in [1.807, 2.05) is 6.07 Å². The van der Waals surface area contributed by atoms with Crippen LogP contribution in [-0.2, 0) is 10.8 Å². The highest BCUT2D eigenvalue weighted by molar-refractivity contribution is 6.24. The molecule has 0 radical (unpaired) electrons. The first kappa shape index (κ1) is 31.2. The number of nitrogens with zero attached hydrogens (tertiary/aromatic N) is 5. The number of para-hydroxylation sites is 4. The maximum Gasteiger partial charge on any atom is 0.250 e. The molecule has 7 aromatic carbocycles. The minimum Gasteiger partial charge on any atom is -0.310 e. The van der Waals surface area contributed by atoms with Gasteiger partial charge in [0.15, 0.2) is 5.69 Å². The van der Waals surface area contributed by atoms with Crippen molar-refractivity contribution in [2.24, 2.45) is 0 Å². The van der Waals surface area contributed by atoms with Crippen LogP contribution in [0.1, 0.15) is 55.6 Å². The maximum absolute atomic E-state index is 15.5. The molecule has 2 aliphatic rings. The Kier molecular flexibility index (Phi) is 6.45. The molecule has 3 heterocycles. The molecule has 2 aliphatic heterocycles. The van der Waals surface area contributed by atoms with Gasteiger partial charge in [0.05, 0.1) is 28.3 Å². The van der Waals surface area contributed by atoms with Crippen LogP contribution in [0.4, 0.5) is 38.5 Å². The fraction of sp³-hybridized carbons (Fsp3) is 0.128. The number of halogens is 1. The van der Waals surface area contributed by atoms with Crippen LogP contribution in [0.2, 0.25) is 0 Å². The molecule has 0 unspecified atom stereocenters. The molecule has 1 aromatic heterocycles. The quantitative estimate of drug-likeness (QED) is 0.169. The third-order valence-corrected chi connectivity index (χ3v) is 11.6. The largest absolute Gasteiger partial charge is 0.310 e. The lowest BCUT2D eigenvalue weighted by molar-refractivity contribution is 0.579. The molecule has 8 aromatic rings. The van der Waals surface area contributed by atoms with Gasteiger partial charge >= 0.3 is 0 Å². The van der Waals surface area contributed by atoms with Gasteiger partial charge in [-0.05, 0) is 81.6 Å². The van der Waals surface area contributed by atoms with E-state index in [0.29, 0.717) is 11.0 Å². The predicted molar refractivity (Wildman–Crippen MR) is 213 cm³/mol. The van der Waals surface area contributed by atoms with Gasteiger partial charge in [-0.1, -0.05) is 113 Å². The fourth-order valence-corrected chi connectivity index (χ4v) is 8.96. The zero-order chi connectivity index (χ0) is 36.2. The zero-order valence-electron chi connectivity index (χ0n) is 29.8. The topological polar surface area (TPSA) is 56.0 Å². The van der Waals surface area contributed by atoms with E-state index in [1.54, 1.807) is 0 Å². The Morgan fingerprint density at radius 1 is 0.491 bits per heavy atom. The minimum absolute atomic E-state index is 0.197. The molecule has 254 valence electrons. The molecule has 0 atom stereocenters. The van der Waals surface area contributed by atoms with E-state index in [0.717, 1.165) is 55.7 Å². The summed E-state index contributed by atoms with van der Waals surface area (Å²) >= 11 is 0.